The van der Waals surface area contributed by atoms with E-state index in [1.165, 1.54) is 0 Å². The van der Waals surface area contributed by atoms with Crippen molar-refractivity contribution in [2.24, 2.45) is 23.7 Å². The largest absolute Gasteiger partial charge is 0.462 e. The van der Waals surface area contributed by atoms with E-state index in [1.807, 2.05) is 0 Å². The number of hydrogen-bond donors (Lipinski definition) is 0. The third-order valence-electron chi connectivity index (χ3n) is 4.20. The van der Waals surface area contributed by atoms with Crippen molar-refractivity contribution in [2.75, 3.05) is 6.61 Å². The van der Waals surface area contributed by atoms with Crippen molar-refractivity contribution in [3.63, 3.8) is 0 Å². The van der Waals surface area contributed by atoms with Crippen LogP contribution >= 0.6 is 50.7 Å². The van der Waals surface area contributed by atoms with E-state index in [9.17, 15) is 4.79 Å². The van der Waals surface area contributed by atoms with Crippen LogP contribution in [-0.4, -0.2) is 21.2 Å². The van der Waals surface area contributed by atoms with Crippen molar-refractivity contribution in [2.45, 2.75) is 28.4 Å². The molecule has 2 bridgehead atoms. The van der Waals surface area contributed by atoms with Gasteiger partial charge in [0, 0.05) is 16.3 Å². The van der Waals surface area contributed by atoms with Crippen LogP contribution in [0.5, 0.6) is 0 Å². The number of hydrogen-bond acceptors (Lipinski definition) is 2. The highest BCUT2D eigenvalue weighted by Crippen LogP contribution is 2.61. The molecule has 2 saturated carbocycles. The van der Waals surface area contributed by atoms with Gasteiger partial charge in [0.05, 0.1) is 6.61 Å². The molecule has 0 aromatic heterocycles. The Morgan fingerprint density at radius 3 is 2.53 bits per heavy atom. The van der Waals surface area contributed by atoms with Gasteiger partial charge in [-0.2, -0.15) is 0 Å². The maximum absolute atomic E-state index is 11.4. The van der Waals surface area contributed by atoms with Crippen LogP contribution in [0.25, 0.3) is 0 Å². The second-order valence-electron chi connectivity index (χ2n) is 5.55. The van der Waals surface area contributed by atoms with Gasteiger partial charge in [-0.1, -0.05) is 57.3 Å². The predicted octanol–water partition coefficient (Wildman–Crippen LogP) is 4.51. The van der Waals surface area contributed by atoms with Gasteiger partial charge >= 0.3 is 5.97 Å². The zero-order chi connectivity index (χ0) is 14.4. The van der Waals surface area contributed by atoms with E-state index in [0.29, 0.717) is 24.0 Å². The monoisotopic (exact) mass is 388 g/mol. The molecule has 108 valence electrons. The second kappa shape index (κ2) is 5.75. The number of esters is 1. The Bertz CT molecular complexity index is 394. The van der Waals surface area contributed by atoms with E-state index in [1.54, 1.807) is 6.92 Å². The molecule has 2 rings (SSSR count). The number of alkyl halides is 4. The Labute approximate surface area is 136 Å². The lowest BCUT2D eigenvalue weighted by molar-refractivity contribution is -0.141. The minimum Gasteiger partial charge on any atom is -0.462 e. The summed E-state index contributed by atoms with van der Waals surface area (Å²) < 4.78 is 3.98. The predicted molar refractivity (Wildman–Crippen MR) is 82.0 cm³/mol. The third kappa shape index (κ3) is 3.25. The van der Waals surface area contributed by atoms with Gasteiger partial charge in [0.25, 0.3) is 0 Å². The van der Waals surface area contributed by atoms with Crippen LogP contribution in [0.2, 0.25) is 0 Å². The summed E-state index contributed by atoms with van der Waals surface area (Å²) in [6.45, 7) is 5.60. The highest BCUT2D eigenvalue weighted by atomic mass is 79.9. The third-order valence-corrected chi connectivity index (χ3v) is 6.27. The zero-order valence-electron chi connectivity index (χ0n) is 10.5. The standard InChI is InChI=1S/C13H16BrCl3O2/c1-6(2)12(18)19-5-8-3-7-4-9(8)10(11(7)14)13(15,16)17/h7-11H,1,3-5H2,2H3. The topological polar surface area (TPSA) is 26.3 Å². The molecule has 5 atom stereocenters. The van der Waals surface area contributed by atoms with E-state index in [0.717, 1.165) is 12.8 Å². The van der Waals surface area contributed by atoms with E-state index < -0.39 is 3.79 Å². The molecule has 2 aliphatic carbocycles. The first-order valence-corrected chi connectivity index (χ1v) is 8.30. The molecule has 2 fully saturated rings. The van der Waals surface area contributed by atoms with Crippen LogP contribution in [0.15, 0.2) is 12.2 Å². The first kappa shape index (κ1) is 15.9. The van der Waals surface area contributed by atoms with Crippen molar-refractivity contribution in [3.8, 4) is 0 Å². The first-order chi connectivity index (χ1) is 8.71. The molecule has 2 aliphatic rings. The molecule has 2 nitrogen and oxygen atoms in total. The first-order valence-electron chi connectivity index (χ1n) is 6.25. The van der Waals surface area contributed by atoms with Crippen LogP contribution in [-0.2, 0) is 9.53 Å². The zero-order valence-corrected chi connectivity index (χ0v) is 14.4. The molecular weight excluding hydrogens is 374 g/mol. The van der Waals surface area contributed by atoms with Gasteiger partial charge in [-0.25, -0.2) is 4.79 Å². The minimum atomic E-state index is -1.27. The maximum atomic E-state index is 11.4. The number of carbonyl (C=O) groups excluding carboxylic acids is 1. The van der Waals surface area contributed by atoms with Crippen molar-refractivity contribution < 1.29 is 9.53 Å². The summed E-state index contributed by atoms with van der Waals surface area (Å²) in [5, 5.41) is 0. The molecule has 0 radical (unpaired) electrons. The molecule has 19 heavy (non-hydrogen) atoms. The lowest BCUT2D eigenvalue weighted by Gasteiger charge is -2.36. The lowest BCUT2D eigenvalue weighted by atomic mass is 9.81. The summed E-state index contributed by atoms with van der Waals surface area (Å²) in [6.07, 6.45) is 2.05. The summed E-state index contributed by atoms with van der Waals surface area (Å²) >= 11 is 21.9. The van der Waals surface area contributed by atoms with Gasteiger partial charge < -0.3 is 4.74 Å². The van der Waals surface area contributed by atoms with E-state index >= 15 is 0 Å². The molecule has 0 spiro atoms. The van der Waals surface area contributed by atoms with Crippen LogP contribution in [0.4, 0.5) is 0 Å². The van der Waals surface area contributed by atoms with Gasteiger partial charge in [0.2, 0.25) is 0 Å². The second-order valence-corrected chi connectivity index (χ2v) is 8.97. The van der Waals surface area contributed by atoms with Gasteiger partial charge in [-0.3, -0.25) is 0 Å². The van der Waals surface area contributed by atoms with Crippen LogP contribution in [0, 0.1) is 23.7 Å². The van der Waals surface area contributed by atoms with E-state index in [4.69, 9.17) is 39.5 Å². The SMILES string of the molecule is C=C(C)C(=O)OCC1CC2CC1C(C(Cl)(Cl)Cl)C2Br. The Morgan fingerprint density at radius 1 is 1.42 bits per heavy atom. The highest BCUT2D eigenvalue weighted by Gasteiger charge is 2.58. The fourth-order valence-electron chi connectivity index (χ4n) is 3.35. The van der Waals surface area contributed by atoms with Crippen molar-refractivity contribution in [1.29, 1.82) is 0 Å². The number of fused-ring (bicyclic) bond motifs is 2. The summed E-state index contributed by atoms with van der Waals surface area (Å²) in [7, 11) is 0. The van der Waals surface area contributed by atoms with Gasteiger partial charge in [0.1, 0.15) is 0 Å². The Morgan fingerprint density at radius 2 is 2.05 bits per heavy atom. The molecule has 0 saturated heterocycles. The Hall–Kier alpha value is 0.560. The van der Waals surface area contributed by atoms with Gasteiger partial charge in [0.15, 0.2) is 3.79 Å². The molecule has 0 aromatic rings. The summed E-state index contributed by atoms with van der Waals surface area (Å²) in [5.74, 6) is 0.704. The fourth-order valence-corrected chi connectivity index (χ4v) is 5.92. The molecule has 0 aliphatic heterocycles. The van der Waals surface area contributed by atoms with Crippen molar-refractivity contribution in [3.05, 3.63) is 12.2 Å². The number of ether oxygens (including phenoxy) is 1. The molecule has 0 N–H and O–H groups in total. The Kier molecular flexibility index (Phi) is 4.82. The summed E-state index contributed by atoms with van der Waals surface area (Å²) in [5.41, 5.74) is 0.416. The molecule has 0 heterocycles. The van der Waals surface area contributed by atoms with Crippen LogP contribution < -0.4 is 0 Å². The molecule has 6 heteroatoms. The summed E-state index contributed by atoms with van der Waals surface area (Å²) in [4.78, 5) is 11.7. The van der Waals surface area contributed by atoms with Gasteiger partial charge in [-0.15, -0.1) is 0 Å². The average Bonchev–Trinajstić information content (AvgIpc) is 2.81. The van der Waals surface area contributed by atoms with Gasteiger partial charge in [-0.05, 0) is 37.5 Å². The molecule has 0 aromatic carbocycles. The van der Waals surface area contributed by atoms with Crippen molar-refractivity contribution >= 4 is 56.7 Å². The minimum absolute atomic E-state index is 0.0234. The molecule has 5 unspecified atom stereocenters. The van der Waals surface area contributed by atoms with Crippen LogP contribution in [0.3, 0.4) is 0 Å². The maximum Gasteiger partial charge on any atom is 0.333 e. The van der Waals surface area contributed by atoms with E-state index in [2.05, 4.69) is 22.5 Å². The smallest absolute Gasteiger partial charge is 0.333 e. The quantitative estimate of drug-likeness (QED) is 0.403. The molecule has 0 amide bonds. The number of halogens is 4. The fraction of sp³-hybridized carbons (Fsp3) is 0.769. The molecular formula is C13H16BrCl3O2. The average molecular weight is 391 g/mol. The summed E-state index contributed by atoms with van der Waals surface area (Å²) in [6, 6.07) is 0. The van der Waals surface area contributed by atoms with Crippen LogP contribution in [0.1, 0.15) is 19.8 Å². The number of rotatable bonds is 3. The highest BCUT2D eigenvalue weighted by molar-refractivity contribution is 9.09. The van der Waals surface area contributed by atoms with E-state index in [-0.39, 0.29) is 22.6 Å². The number of carbonyl (C=O) groups is 1. The van der Waals surface area contributed by atoms with Crippen molar-refractivity contribution in [1.82, 2.24) is 0 Å². The lowest BCUT2D eigenvalue weighted by Crippen LogP contribution is -2.38. The normalized spacial score (nSPS) is 37.4. The Balaban J connectivity index is 1.99.